The second-order valence-electron chi connectivity index (χ2n) is 4.16. The van der Waals surface area contributed by atoms with Gasteiger partial charge in [-0.2, -0.15) is 0 Å². The Labute approximate surface area is 125 Å². The molecule has 0 fully saturated rings. The van der Waals surface area contributed by atoms with Crippen molar-refractivity contribution >= 4 is 29.1 Å². The minimum absolute atomic E-state index is 0.118. The molecule has 6 nitrogen and oxygen atoms in total. The molecule has 1 aromatic heterocycles. The Hall–Kier alpha value is -2.60. The molecule has 0 aliphatic carbocycles. The maximum Gasteiger partial charge on any atom is 0.257 e. The van der Waals surface area contributed by atoms with Gasteiger partial charge in [-0.3, -0.25) is 14.6 Å². The molecule has 1 heterocycles. The summed E-state index contributed by atoms with van der Waals surface area (Å²) >= 11 is 6.00. The monoisotopic (exact) mass is 305 g/mol. The Kier molecular flexibility index (Phi) is 4.39. The summed E-state index contributed by atoms with van der Waals surface area (Å²) in [4.78, 5) is 27.3. The van der Waals surface area contributed by atoms with Gasteiger partial charge in [0.1, 0.15) is 5.75 Å². The van der Waals surface area contributed by atoms with Gasteiger partial charge in [0, 0.05) is 18.8 Å². The van der Waals surface area contributed by atoms with E-state index in [2.05, 4.69) is 15.6 Å². The summed E-state index contributed by atoms with van der Waals surface area (Å²) in [5.74, 6) is -0.900. The fourth-order valence-corrected chi connectivity index (χ4v) is 1.82. The average Bonchev–Trinajstić information content (AvgIpc) is 2.48. The van der Waals surface area contributed by atoms with E-state index in [0.29, 0.717) is 16.3 Å². The maximum absolute atomic E-state index is 12.0. The summed E-state index contributed by atoms with van der Waals surface area (Å²) < 4.78 is 0. The highest BCUT2D eigenvalue weighted by Gasteiger charge is 2.12. The van der Waals surface area contributed by atoms with Gasteiger partial charge < -0.3 is 15.7 Å². The highest BCUT2D eigenvalue weighted by molar-refractivity contribution is 6.34. The Morgan fingerprint density at radius 3 is 2.57 bits per heavy atom. The fraction of sp³-hybridized carbons (Fsp3) is 0.0714. The first-order chi connectivity index (χ1) is 10.0. The SMILES string of the molecule is CNC(=O)c1ccc(Cl)c(NC(=O)c2cncc(O)c2)c1. The quantitative estimate of drug-likeness (QED) is 0.809. The molecule has 2 amide bonds. The van der Waals surface area contributed by atoms with E-state index in [4.69, 9.17) is 11.6 Å². The normalized spacial score (nSPS) is 10.0. The number of anilines is 1. The van der Waals surface area contributed by atoms with Crippen LogP contribution in [0.1, 0.15) is 20.7 Å². The molecule has 0 saturated carbocycles. The van der Waals surface area contributed by atoms with Gasteiger partial charge in [0.05, 0.1) is 22.5 Å². The summed E-state index contributed by atoms with van der Waals surface area (Å²) in [6.45, 7) is 0. The number of nitrogens with one attached hydrogen (secondary N) is 2. The third kappa shape index (κ3) is 3.49. The molecule has 0 spiro atoms. The van der Waals surface area contributed by atoms with Crippen molar-refractivity contribution in [2.45, 2.75) is 0 Å². The molecule has 108 valence electrons. The fourth-order valence-electron chi connectivity index (χ4n) is 1.65. The van der Waals surface area contributed by atoms with Crippen LogP contribution in [-0.4, -0.2) is 29.0 Å². The number of nitrogens with zero attached hydrogens (tertiary/aromatic N) is 1. The predicted molar refractivity (Wildman–Crippen MR) is 78.7 cm³/mol. The minimum atomic E-state index is -0.491. The van der Waals surface area contributed by atoms with E-state index in [1.807, 2.05) is 0 Å². The van der Waals surface area contributed by atoms with E-state index >= 15 is 0 Å². The van der Waals surface area contributed by atoms with Crippen LogP contribution in [-0.2, 0) is 0 Å². The molecule has 0 aliphatic heterocycles. The van der Waals surface area contributed by atoms with E-state index in [1.54, 1.807) is 6.07 Å². The number of hydrogen-bond donors (Lipinski definition) is 3. The van der Waals surface area contributed by atoms with Gasteiger partial charge in [0.2, 0.25) is 0 Å². The zero-order valence-corrected chi connectivity index (χ0v) is 11.8. The highest BCUT2D eigenvalue weighted by atomic mass is 35.5. The van der Waals surface area contributed by atoms with Crippen LogP contribution in [0.5, 0.6) is 5.75 Å². The molecular weight excluding hydrogens is 294 g/mol. The maximum atomic E-state index is 12.0. The number of carbonyl (C=O) groups excluding carboxylic acids is 2. The lowest BCUT2D eigenvalue weighted by Crippen LogP contribution is -2.18. The topological polar surface area (TPSA) is 91.3 Å². The van der Waals surface area contributed by atoms with Crippen LogP contribution in [0.25, 0.3) is 0 Å². The van der Waals surface area contributed by atoms with E-state index in [0.717, 1.165) is 0 Å². The number of benzene rings is 1. The molecule has 0 radical (unpaired) electrons. The van der Waals surface area contributed by atoms with Gasteiger partial charge in [-0.25, -0.2) is 0 Å². The molecule has 0 atom stereocenters. The number of halogens is 1. The Balaban J connectivity index is 2.26. The number of aromatic hydroxyl groups is 1. The minimum Gasteiger partial charge on any atom is -0.506 e. The van der Waals surface area contributed by atoms with Crippen molar-refractivity contribution in [3.8, 4) is 5.75 Å². The van der Waals surface area contributed by atoms with Crippen LogP contribution in [0.2, 0.25) is 5.02 Å². The molecule has 0 saturated heterocycles. The van der Waals surface area contributed by atoms with Crippen molar-refractivity contribution in [3.05, 3.63) is 52.8 Å². The van der Waals surface area contributed by atoms with Crippen molar-refractivity contribution in [3.63, 3.8) is 0 Å². The third-order valence-corrected chi connectivity index (χ3v) is 3.02. The number of amides is 2. The lowest BCUT2D eigenvalue weighted by Gasteiger charge is -2.09. The van der Waals surface area contributed by atoms with E-state index in [1.165, 1.54) is 37.6 Å². The predicted octanol–water partition coefficient (Wildman–Crippen LogP) is 2.05. The molecule has 0 bridgehead atoms. The van der Waals surface area contributed by atoms with Crippen LogP contribution in [0.15, 0.2) is 36.7 Å². The Morgan fingerprint density at radius 2 is 1.90 bits per heavy atom. The third-order valence-electron chi connectivity index (χ3n) is 2.69. The molecule has 2 rings (SSSR count). The van der Waals surface area contributed by atoms with Crippen molar-refractivity contribution in [1.82, 2.24) is 10.3 Å². The van der Waals surface area contributed by atoms with Crippen LogP contribution >= 0.6 is 11.6 Å². The summed E-state index contributed by atoms with van der Waals surface area (Å²) in [5.41, 5.74) is 0.841. The number of carbonyl (C=O) groups is 2. The van der Waals surface area contributed by atoms with Crippen LogP contribution in [0.3, 0.4) is 0 Å². The van der Waals surface area contributed by atoms with E-state index < -0.39 is 5.91 Å². The van der Waals surface area contributed by atoms with Gasteiger partial charge in [-0.1, -0.05) is 11.6 Å². The molecular formula is C14H12ClN3O3. The molecule has 0 aliphatic rings. The first kappa shape index (κ1) is 14.8. The van der Waals surface area contributed by atoms with Crippen LogP contribution < -0.4 is 10.6 Å². The lowest BCUT2D eigenvalue weighted by molar-refractivity contribution is 0.0961. The van der Waals surface area contributed by atoms with Gasteiger partial charge in [-0.05, 0) is 24.3 Å². The Morgan fingerprint density at radius 1 is 1.14 bits per heavy atom. The van der Waals surface area contributed by atoms with Crippen molar-refractivity contribution in [2.24, 2.45) is 0 Å². The molecule has 0 unspecified atom stereocenters. The van der Waals surface area contributed by atoms with Crippen LogP contribution in [0.4, 0.5) is 5.69 Å². The summed E-state index contributed by atoms with van der Waals surface area (Å²) in [6, 6.07) is 5.81. The second kappa shape index (κ2) is 6.23. The van der Waals surface area contributed by atoms with Gasteiger partial charge in [0.25, 0.3) is 11.8 Å². The molecule has 3 N–H and O–H groups in total. The lowest BCUT2D eigenvalue weighted by atomic mass is 10.1. The van der Waals surface area contributed by atoms with Crippen molar-refractivity contribution < 1.29 is 14.7 Å². The molecule has 2 aromatic rings. The van der Waals surface area contributed by atoms with Crippen molar-refractivity contribution in [1.29, 1.82) is 0 Å². The zero-order chi connectivity index (χ0) is 15.4. The Bertz CT molecular complexity index is 704. The van der Waals surface area contributed by atoms with Crippen molar-refractivity contribution in [2.75, 3.05) is 12.4 Å². The first-order valence-corrected chi connectivity index (χ1v) is 6.36. The first-order valence-electron chi connectivity index (χ1n) is 5.98. The average molecular weight is 306 g/mol. The molecule has 7 heteroatoms. The van der Waals surface area contributed by atoms with Gasteiger partial charge >= 0.3 is 0 Å². The summed E-state index contributed by atoms with van der Waals surface area (Å²) in [5, 5.41) is 14.7. The van der Waals surface area contributed by atoms with E-state index in [-0.39, 0.29) is 17.2 Å². The van der Waals surface area contributed by atoms with E-state index in [9.17, 15) is 14.7 Å². The van der Waals surface area contributed by atoms with Crippen LogP contribution in [0, 0.1) is 0 Å². The number of rotatable bonds is 3. The number of pyridine rings is 1. The summed E-state index contributed by atoms with van der Waals surface area (Å²) in [7, 11) is 1.51. The molecule has 1 aromatic carbocycles. The zero-order valence-electron chi connectivity index (χ0n) is 11.1. The standard InChI is InChI=1S/C14H12ClN3O3/c1-16-13(20)8-2-3-11(15)12(5-8)18-14(21)9-4-10(19)7-17-6-9/h2-7,19H,1H3,(H,16,20)(H,18,21). The summed E-state index contributed by atoms with van der Waals surface area (Å²) in [6.07, 6.45) is 2.53. The largest absolute Gasteiger partial charge is 0.506 e. The number of hydrogen-bond acceptors (Lipinski definition) is 4. The molecule has 21 heavy (non-hydrogen) atoms. The van der Waals surface area contributed by atoms with Gasteiger partial charge in [0.15, 0.2) is 0 Å². The highest BCUT2D eigenvalue weighted by Crippen LogP contribution is 2.24. The van der Waals surface area contributed by atoms with Gasteiger partial charge in [-0.15, -0.1) is 0 Å². The second-order valence-corrected chi connectivity index (χ2v) is 4.57. The number of aromatic nitrogens is 1. The smallest absolute Gasteiger partial charge is 0.257 e.